The number of rotatable bonds is 0. The molecular formula is C10H15F2NO2. The Kier molecular flexibility index (Phi) is 2.35. The molecule has 1 saturated heterocycles. The summed E-state index contributed by atoms with van der Waals surface area (Å²) in [7, 11) is 0. The normalized spacial score (nSPS) is 28.3. The van der Waals surface area contributed by atoms with Gasteiger partial charge in [-0.3, -0.25) is 0 Å². The van der Waals surface area contributed by atoms with E-state index in [4.69, 9.17) is 5.11 Å². The fraction of sp³-hybridized carbons (Fsp3) is 0.900. The number of hydrogen-bond donors (Lipinski definition) is 1. The summed E-state index contributed by atoms with van der Waals surface area (Å²) in [6.07, 6.45) is 0.722. The fourth-order valence-electron chi connectivity index (χ4n) is 2.77. The third kappa shape index (κ3) is 2.06. The molecule has 1 aliphatic carbocycles. The highest BCUT2D eigenvalue weighted by Gasteiger charge is 2.50. The van der Waals surface area contributed by atoms with Gasteiger partial charge in [-0.15, -0.1) is 0 Å². The molecular weight excluding hydrogens is 204 g/mol. The van der Waals surface area contributed by atoms with Gasteiger partial charge in [-0.25, -0.2) is 13.6 Å². The lowest BCUT2D eigenvalue weighted by Crippen LogP contribution is -2.42. The zero-order valence-electron chi connectivity index (χ0n) is 8.51. The van der Waals surface area contributed by atoms with E-state index < -0.39 is 12.0 Å². The largest absolute Gasteiger partial charge is 0.465 e. The van der Waals surface area contributed by atoms with Gasteiger partial charge >= 0.3 is 6.09 Å². The van der Waals surface area contributed by atoms with E-state index >= 15 is 0 Å². The van der Waals surface area contributed by atoms with Crippen LogP contribution in [-0.2, 0) is 0 Å². The third-order valence-corrected chi connectivity index (χ3v) is 3.75. The van der Waals surface area contributed by atoms with Crippen molar-refractivity contribution in [2.24, 2.45) is 5.41 Å². The van der Waals surface area contributed by atoms with Crippen LogP contribution in [0.5, 0.6) is 0 Å². The first-order valence-electron chi connectivity index (χ1n) is 5.28. The van der Waals surface area contributed by atoms with E-state index in [1.165, 1.54) is 4.90 Å². The Morgan fingerprint density at radius 2 is 1.73 bits per heavy atom. The Bertz CT molecular complexity index is 273. The quantitative estimate of drug-likeness (QED) is 0.680. The number of alkyl halides is 2. The second kappa shape index (κ2) is 3.32. The fourth-order valence-corrected chi connectivity index (χ4v) is 2.77. The first kappa shape index (κ1) is 10.6. The standard InChI is InChI=1S/C10H15F2NO2/c11-10(12)2-1-9(7-10)3-5-13(6-4-9)8(14)15/h1-7H2,(H,14,15). The number of carbonyl (C=O) groups is 1. The zero-order chi connectivity index (χ0) is 11.1. The van der Waals surface area contributed by atoms with Crippen LogP contribution in [0.2, 0.25) is 0 Å². The van der Waals surface area contributed by atoms with Crippen LogP contribution < -0.4 is 0 Å². The van der Waals surface area contributed by atoms with Gasteiger partial charge in [0.25, 0.3) is 0 Å². The summed E-state index contributed by atoms with van der Waals surface area (Å²) < 4.78 is 26.2. The third-order valence-electron chi connectivity index (χ3n) is 3.75. The number of amides is 1. The molecule has 2 rings (SSSR count). The van der Waals surface area contributed by atoms with E-state index in [1.54, 1.807) is 0 Å². The van der Waals surface area contributed by atoms with Gasteiger partial charge in [0.15, 0.2) is 0 Å². The van der Waals surface area contributed by atoms with E-state index in [-0.39, 0.29) is 18.3 Å². The van der Waals surface area contributed by atoms with Crippen LogP contribution in [0.25, 0.3) is 0 Å². The van der Waals surface area contributed by atoms with Gasteiger partial charge in [0.2, 0.25) is 5.92 Å². The number of nitrogens with zero attached hydrogens (tertiary/aromatic N) is 1. The van der Waals surface area contributed by atoms with Gasteiger partial charge < -0.3 is 10.0 Å². The van der Waals surface area contributed by atoms with Gasteiger partial charge in [-0.1, -0.05) is 0 Å². The lowest BCUT2D eigenvalue weighted by Gasteiger charge is -2.38. The number of piperidine rings is 1. The molecule has 86 valence electrons. The molecule has 1 aliphatic heterocycles. The van der Waals surface area contributed by atoms with E-state index in [1.807, 2.05) is 0 Å². The molecule has 1 N–H and O–H groups in total. The maximum absolute atomic E-state index is 13.1. The minimum atomic E-state index is -2.52. The molecule has 1 spiro atoms. The van der Waals surface area contributed by atoms with Crippen molar-refractivity contribution < 1.29 is 18.7 Å². The molecule has 1 saturated carbocycles. The first-order chi connectivity index (χ1) is 6.93. The van der Waals surface area contributed by atoms with Crippen molar-refractivity contribution in [1.29, 1.82) is 0 Å². The van der Waals surface area contributed by atoms with Crippen LogP contribution in [0.1, 0.15) is 32.1 Å². The summed E-state index contributed by atoms with van der Waals surface area (Å²) in [5, 5.41) is 8.75. The van der Waals surface area contributed by atoms with Crippen LogP contribution in [0.4, 0.5) is 13.6 Å². The second-order valence-electron chi connectivity index (χ2n) is 4.80. The summed E-state index contributed by atoms with van der Waals surface area (Å²) in [6, 6.07) is 0. The molecule has 2 fully saturated rings. The molecule has 1 amide bonds. The van der Waals surface area contributed by atoms with Crippen LogP contribution in [0.15, 0.2) is 0 Å². The molecule has 15 heavy (non-hydrogen) atoms. The van der Waals surface area contributed by atoms with Gasteiger partial charge in [-0.2, -0.15) is 0 Å². The molecule has 0 aromatic carbocycles. The average molecular weight is 219 g/mol. The van der Waals surface area contributed by atoms with Crippen LogP contribution >= 0.6 is 0 Å². The van der Waals surface area contributed by atoms with E-state index in [9.17, 15) is 13.6 Å². The molecule has 0 aromatic rings. The second-order valence-corrected chi connectivity index (χ2v) is 4.80. The monoisotopic (exact) mass is 219 g/mol. The molecule has 0 radical (unpaired) electrons. The predicted molar refractivity (Wildman–Crippen MR) is 50.1 cm³/mol. The van der Waals surface area contributed by atoms with Crippen LogP contribution in [0, 0.1) is 5.41 Å². The first-order valence-corrected chi connectivity index (χ1v) is 5.28. The molecule has 1 heterocycles. The topological polar surface area (TPSA) is 40.5 Å². The lowest BCUT2D eigenvalue weighted by molar-refractivity contribution is -0.0122. The van der Waals surface area contributed by atoms with Crippen molar-refractivity contribution in [2.45, 2.75) is 38.0 Å². The minimum absolute atomic E-state index is 0.0277. The van der Waals surface area contributed by atoms with E-state index in [2.05, 4.69) is 0 Å². The van der Waals surface area contributed by atoms with Gasteiger partial charge in [0.1, 0.15) is 0 Å². The molecule has 0 aromatic heterocycles. The Morgan fingerprint density at radius 3 is 2.13 bits per heavy atom. The number of halogens is 2. The summed E-state index contributed by atoms with van der Waals surface area (Å²) >= 11 is 0. The van der Waals surface area contributed by atoms with Crippen molar-refractivity contribution in [3.8, 4) is 0 Å². The highest BCUT2D eigenvalue weighted by Crippen LogP contribution is 2.52. The maximum Gasteiger partial charge on any atom is 0.407 e. The lowest BCUT2D eigenvalue weighted by atomic mass is 9.77. The minimum Gasteiger partial charge on any atom is -0.465 e. The molecule has 0 bridgehead atoms. The van der Waals surface area contributed by atoms with Crippen molar-refractivity contribution in [1.82, 2.24) is 4.90 Å². The van der Waals surface area contributed by atoms with E-state index in [0.29, 0.717) is 32.4 Å². The van der Waals surface area contributed by atoms with Crippen molar-refractivity contribution in [3.63, 3.8) is 0 Å². The molecule has 5 heteroatoms. The number of carboxylic acid groups (broad SMARTS) is 1. The summed E-state index contributed by atoms with van der Waals surface area (Å²) in [6.45, 7) is 0.816. The maximum atomic E-state index is 13.1. The van der Waals surface area contributed by atoms with Gasteiger partial charge in [0.05, 0.1) is 0 Å². The van der Waals surface area contributed by atoms with Gasteiger partial charge in [0, 0.05) is 25.9 Å². The number of hydrogen-bond acceptors (Lipinski definition) is 1. The molecule has 0 atom stereocenters. The van der Waals surface area contributed by atoms with Gasteiger partial charge in [-0.05, 0) is 24.7 Å². The SMILES string of the molecule is O=C(O)N1CCC2(CC1)CCC(F)(F)C2. The molecule has 0 unspecified atom stereocenters. The van der Waals surface area contributed by atoms with Crippen molar-refractivity contribution in [2.75, 3.05) is 13.1 Å². The highest BCUT2D eigenvalue weighted by atomic mass is 19.3. The molecule has 3 nitrogen and oxygen atoms in total. The van der Waals surface area contributed by atoms with Crippen molar-refractivity contribution in [3.05, 3.63) is 0 Å². The number of likely N-dealkylation sites (tertiary alicyclic amines) is 1. The Labute approximate surface area is 87.1 Å². The Balaban J connectivity index is 1.96. The molecule has 2 aliphatic rings. The Morgan fingerprint density at radius 1 is 1.13 bits per heavy atom. The predicted octanol–water partition coefficient (Wildman–Crippen LogP) is 2.57. The summed E-state index contributed by atoms with van der Waals surface area (Å²) in [4.78, 5) is 12.0. The smallest absolute Gasteiger partial charge is 0.407 e. The average Bonchev–Trinajstić information content (AvgIpc) is 2.43. The van der Waals surface area contributed by atoms with Crippen LogP contribution in [-0.4, -0.2) is 35.1 Å². The summed E-state index contributed by atoms with van der Waals surface area (Å²) in [5.41, 5.74) is -0.282. The highest BCUT2D eigenvalue weighted by molar-refractivity contribution is 5.65. The zero-order valence-corrected chi connectivity index (χ0v) is 8.51. The van der Waals surface area contributed by atoms with E-state index in [0.717, 1.165) is 0 Å². The van der Waals surface area contributed by atoms with Crippen LogP contribution in [0.3, 0.4) is 0 Å². The Hall–Kier alpha value is -0.870. The summed E-state index contributed by atoms with van der Waals surface area (Å²) in [5.74, 6) is -2.52. The van der Waals surface area contributed by atoms with Crippen molar-refractivity contribution >= 4 is 6.09 Å².